The zero-order valence-corrected chi connectivity index (χ0v) is 24.0. The highest BCUT2D eigenvalue weighted by atomic mass is 32.2. The average molecular weight is 544 g/mol. The van der Waals surface area contributed by atoms with E-state index >= 15 is 0 Å². The molecule has 0 atom stereocenters. The van der Waals surface area contributed by atoms with Crippen molar-refractivity contribution in [2.45, 2.75) is 102 Å². The Morgan fingerprint density at radius 1 is 1.11 bits per heavy atom. The molecule has 2 aromatic heterocycles. The highest BCUT2D eigenvalue weighted by Gasteiger charge is 2.37. The molecule has 0 aliphatic heterocycles. The van der Waals surface area contributed by atoms with Gasteiger partial charge in [0, 0.05) is 29.5 Å². The molecule has 2 aliphatic carbocycles. The molecule has 2 aliphatic rings. The number of aromatic carboxylic acids is 1. The summed E-state index contributed by atoms with van der Waals surface area (Å²) in [5.41, 5.74) is 0.317. The Hall–Kier alpha value is -2.31. The van der Waals surface area contributed by atoms with Crippen molar-refractivity contribution in [2.75, 3.05) is 4.90 Å². The third kappa shape index (κ3) is 7.17. The molecule has 37 heavy (non-hydrogen) atoms. The van der Waals surface area contributed by atoms with E-state index in [1.165, 1.54) is 11.3 Å². The lowest BCUT2D eigenvalue weighted by Gasteiger charge is -2.39. The zero-order valence-electron chi connectivity index (χ0n) is 22.4. The van der Waals surface area contributed by atoms with Gasteiger partial charge < -0.3 is 14.4 Å². The second-order valence-corrected chi connectivity index (χ2v) is 13.7. The predicted molar refractivity (Wildman–Crippen MR) is 147 cm³/mol. The molecule has 200 valence electrons. The molecule has 2 saturated carbocycles. The third-order valence-electron chi connectivity index (χ3n) is 7.11. The summed E-state index contributed by atoms with van der Waals surface area (Å²) in [5, 5.41) is 19.0. The maximum atomic E-state index is 14.0. The average Bonchev–Trinajstić information content (AvgIpc) is 3.45. The number of carbonyl (C=O) groups excluding carboxylic acids is 1. The maximum absolute atomic E-state index is 14.0. The van der Waals surface area contributed by atoms with Gasteiger partial charge in [-0.2, -0.15) is 0 Å². The van der Waals surface area contributed by atoms with Crippen molar-refractivity contribution in [1.82, 2.24) is 10.2 Å². The van der Waals surface area contributed by atoms with E-state index in [-0.39, 0.29) is 28.2 Å². The van der Waals surface area contributed by atoms with E-state index in [1.807, 2.05) is 31.7 Å². The second kappa shape index (κ2) is 11.6. The minimum absolute atomic E-state index is 0.0377. The quantitative estimate of drug-likeness (QED) is 0.400. The van der Waals surface area contributed by atoms with E-state index in [2.05, 4.69) is 29.0 Å². The van der Waals surface area contributed by atoms with Crippen molar-refractivity contribution in [3.63, 3.8) is 0 Å². The van der Waals surface area contributed by atoms with Crippen LogP contribution in [-0.4, -0.2) is 38.5 Å². The fourth-order valence-electron chi connectivity index (χ4n) is 5.11. The van der Waals surface area contributed by atoms with E-state index in [9.17, 15) is 14.7 Å². The molecule has 9 heteroatoms. The summed E-state index contributed by atoms with van der Waals surface area (Å²) in [6.45, 7) is 10.1. The van der Waals surface area contributed by atoms with Crippen LogP contribution in [0.2, 0.25) is 0 Å². The van der Waals surface area contributed by atoms with Crippen molar-refractivity contribution in [2.24, 2.45) is 17.3 Å². The number of thiophene rings is 1. The first-order valence-electron chi connectivity index (χ1n) is 13.2. The minimum Gasteiger partial charge on any atom is -0.477 e. The van der Waals surface area contributed by atoms with Gasteiger partial charge in [0.1, 0.15) is 4.88 Å². The fraction of sp³-hybridized carbons (Fsp3) is 0.643. The Morgan fingerprint density at radius 3 is 2.35 bits per heavy atom. The van der Waals surface area contributed by atoms with Gasteiger partial charge in [0.05, 0.1) is 10.6 Å². The third-order valence-corrected chi connectivity index (χ3v) is 9.31. The van der Waals surface area contributed by atoms with Gasteiger partial charge in [-0.1, -0.05) is 30.5 Å². The maximum Gasteiger partial charge on any atom is 0.348 e. The summed E-state index contributed by atoms with van der Waals surface area (Å²) >= 11 is 2.77. The Labute approximate surface area is 227 Å². The second-order valence-electron chi connectivity index (χ2n) is 11.4. The number of rotatable bonds is 6. The van der Waals surface area contributed by atoms with Crippen molar-refractivity contribution in [1.29, 1.82) is 0 Å². The molecule has 1 N–H and O–H groups in total. The fourth-order valence-corrected chi connectivity index (χ4v) is 7.00. The van der Waals surface area contributed by atoms with Crippen LogP contribution < -0.4 is 4.90 Å². The normalized spacial score (nSPS) is 24.2. The van der Waals surface area contributed by atoms with Gasteiger partial charge in [-0.25, -0.2) is 4.79 Å². The summed E-state index contributed by atoms with van der Waals surface area (Å²) in [6.07, 6.45) is 7.19. The number of carboxylic acids is 1. The zero-order chi connectivity index (χ0) is 26.7. The van der Waals surface area contributed by atoms with Crippen LogP contribution in [0.3, 0.4) is 0 Å². The highest BCUT2D eigenvalue weighted by molar-refractivity contribution is 7.99. The van der Waals surface area contributed by atoms with Crippen LogP contribution in [0, 0.1) is 36.0 Å². The first-order chi connectivity index (χ1) is 17.5. The molecule has 4 rings (SSSR count). The van der Waals surface area contributed by atoms with E-state index in [1.54, 1.807) is 18.7 Å². The van der Waals surface area contributed by atoms with Crippen LogP contribution in [0.5, 0.6) is 0 Å². The topological polar surface area (TPSA) is 96.5 Å². The molecule has 0 unspecified atom stereocenters. The Bertz CT molecular complexity index is 1170. The summed E-state index contributed by atoms with van der Waals surface area (Å²) < 4.78 is 5.55. The van der Waals surface area contributed by atoms with E-state index in [0.717, 1.165) is 51.4 Å². The van der Waals surface area contributed by atoms with E-state index in [0.29, 0.717) is 32.8 Å². The molecule has 2 fully saturated rings. The van der Waals surface area contributed by atoms with Crippen LogP contribution in [0.1, 0.15) is 99.5 Å². The molecule has 2 heterocycles. The lowest BCUT2D eigenvalue weighted by atomic mass is 9.81. The number of amides is 1. The SMILES string of the molecule is Cc1nnc(SC2CCC(N(C(=O)C3CCC(C)CC3)c3cc(C#CC(C)(C)C)sc3C(=O)O)CC2)o1. The number of carboxylic acid groups (broad SMARTS) is 1. The summed E-state index contributed by atoms with van der Waals surface area (Å²) in [6, 6.07) is 1.79. The van der Waals surface area contributed by atoms with Crippen molar-refractivity contribution >= 4 is 40.7 Å². The molecule has 0 aromatic carbocycles. The van der Waals surface area contributed by atoms with Crippen LogP contribution in [-0.2, 0) is 4.79 Å². The molecule has 0 saturated heterocycles. The smallest absolute Gasteiger partial charge is 0.348 e. The number of hydrogen-bond donors (Lipinski definition) is 1. The number of thioether (sulfide) groups is 1. The number of nitrogens with zero attached hydrogens (tertiary/aromatic N) is 3. The molecular formula is C28H37N3O4S2. The molecular weight excluding hydrogens is 506 g/mol. The number of carbonyl (C=O) groups is 2. The summed E-state index contributed by atoms with van der Waals surface area (Å²) in [4.78, 5) is 29.1. The Kier molecular flexibility index (Phi) is 8.70. The minimum atomic E-state index is -1.00. The molecule has 0 radical (unpaired) electrons. The molecule has 1 amide bonds. The van der Waals surface area contributed by atoms with Crippen molar-refractivity contribution in [3.05, 3.63) is 21.7 Å². The van der Waals surface area contributed by atoms with Crippen molar-refractivity contribution < 1.29 is 19.1 Å². The first kappa shape index (κ1) is 27.7. The van der Waals surface area contributed by atoms with Crippen LogP contribution in [0.25, 0.3) is 0 Å². The van der Waals surface area contributed by atoms with Gasteiger partial charge in [0.2, 0.25) is 11.8 Å². The monoisotopic (exact) mass is 543 g/mol. The summed E-state index contributed by atoms with van der Waals surface area (Å²) in [7, 11) is 0. The lowest BCUT2D eigenvalue weighted by molar-refractivity contribution is -0.124. The molecule has 2 aromatic rings. The van der Waals surface area contributed by atoms with Gasteiger partial charge in [-0.3, -0.25) is 4.79 Å². The number of anilines is 1. The number of aromatic nitrogens is 2. The van der Waals surface area contributed by atoms with E-state index < -0.39 is 5.97 Å². The van der Waals surface area contributed by atoms with Gasteiger partial charge in [-0.15, -0.1) is 21.5 Å². The lowest BCUT2D eigenvalue weighted by Crippen LogP contribution is -2.46. The summed E-state index contributed by atoms with van der Waals surface area (Å²) in [5.74, 6) is 6.56. The Morgan fingerprint density at radius 2 is 1.78 bits per heavy atom. The van der Waals surface area contributed by atoms with Crippen LogP contribution in [0.4, 0.5) is 5.69 Å². The van der Waals surface area contributed by atoms with Crippen molar-refractivity contribution in [3.8, 4) is 11.8 Å². The van der Waals surface area contributed by atoms with Crippen LogP contribution in [0.15, 0.2) is 15.7 Å². The van der Waals surface area contributed by atoms with Gasteiger partial charge in [-0.05, 0) is 84.1 Å². The molecule has 0 bridgehead atoms. The Balaban J connectivity index is 1.61. The highest BCUT2D eigenvalue weighted by Crippen LogP contribution is 2.41. The van der Waals surface area contributed by atoms with Gasteiger partial charge in [0.25, 0.3) is 5.22 Å². The predicted octanol–water partition coefficient (Wildman–Crippen LogP) is 6.80. The standard InChI is InChI=1S/C28H37N3O4S2/c1-17-6-8-19(9-7-17)25(32)31(20-10-12-21(13-11-20)37-27-30-29-18(2)35-27)23-16-22(14-15-28(3,4)5)36-24(23)26(33)34/h16-17,19-21H,6-13H2,1-5H3,(H,33,34). The van der Waals surface area contributed by atoms with Gasteiger partial charge >= 0.3 is 5.97 Å². The molecule has 0 spiro atoms. The number of aryl methyl sites for hydroxylation is 1. The van der Waals surface area contributed by atoms with Gasteiger partial charge in [0.15, 0.2) is 0 Å². The molecule has 7 nitrogen and oxygen atoms in total. The van der Waals surface area contributed by atoms with Crippen LogP contribution >= 0.6 is 23.1 Å². The van der Waals surface area contributed by atoms with E-state index in [4.69, 9.17) is 4.42 Å². The first-order valence-corrected chi connectivity index (χ1v) is 14.9. The largest absolute Gasteiger partial charge is 0.477 e. The number of hydrogen-bond acceptors (Lipinski definition) is 7.